The summed E-state index contributed by atoms with van der Waals surface area (Å²) in [6.07, 6.45) is 0. The van der Waals surface area contributed by atoms with E-state index in [-0.39, 0.29) is 101 Å². The molecule has 0 aromatic carbocycles. The average molecular weight is 348 g/mol. The van der Waals surface area contributed by atoms with Gasteiger partial charge >= 0.3 is 69.2 Å². The molecule has 0 saturated carbocycles. The Bertz CT molecular complexity index is 17.7. The first-order valence-corrected chi connectivity index (χ1v) is 0.842. The Hall–Kier alpha value is 3.71. The molecule has 0 aromatic heterocycles. The summed E-state index contributed by atoms with van der Waals surface area (Å²) in [5, 5.41) is 0. The summed E-state index contributed by atoms with van der Waals surface area (Å²) < 4.78 is 8.25. The van der Waals surface area contributed by atoms with Crippen LogP contribution in [0.15, 0.2) is 0 Å². The van der Waals surface area contributed by atoms with Crippen molar-refractivity contribution in [3.8, 4) is 0 Å². The van der Waals surface area contributed by atoms with Gasteiger partial charge in [-0.3, -0.25) is 0 Å². The molecule has 0 fully saturated rings. The monoisotopic (exact) mass is 349 g/mol. The fraction of sp³-hybridized carbons (Fsp3) is 0. The maximum Gasteiger partial charge on any atom is 2.00 e. The van der Waals surface area contributed by atoms with Gasteiger partial charge in [0, 0.05) is 52.7 Å². The van der Waals surface area contributed by atoms with Crippen molar-refractivity contribution in [2.45, 2.75) is 0 Å². The van der Waals surface area contributed by atoms with Crippen LogP contribution in [0.1, 0.15) is 2.85 Å². The fourth-order valence-electron chi connectivity index (χ4n) is 0. The van der Waals surface area contributed by atoms with E-state index in [0.717, 1.165) is 20.4 Å². The molecule has 0 N–H and O–H groups in total. The SMILES string of the molecule is [Fe].[H-].[H-].[La].[O]=[Ti].[Sr+2]. The van der Waals surface area contributed by atoms with Crippen LogP contribution in [0, 0.1) is 35.6 Å². The Morgan fingerprint density at radius 3 is 1.40 bits per heavy atom. The molecule has 1 nitrogen and oxygen atoms in total. The molecule has 0 bridgehead atoms. The van der Waals surface area contributed by atoms with Gasteiger partial charge in [-0.25, -0.2) is 0 Å². The van der Waals surface area contributed by atoms with Gasteiger partial charge in [-0.05, 0) is 0 Å². The minimum Gasteiger partial charge on any atom is 2.00 e. The Morgan fingerprint density at radius 1 is 1.40 bits per heavy atom. The van der Waals surface area contributed by atoms with E-state index in [1.165, 1.54) is 0 Å². The van der Waals surface area contributed by atoms with Gasteiger partial charge in [-0.15, -0.1) is 0 Å². The molecule has 0 spiro atoms. The Labute approximate surface area is 121 Å². The van der Waals surface area contributed by atoms with Crippen LogP contribution in [0.5, 0.6) is 0 Å². The maximum atomic E-state index is 8.25. The predicted molar refractivity (Wildman–Crippen MR) is 8.66 cm³/mol. The molecule has 0 aliphatic carbocycles. The molecule has 0 heterocycles. The van der Waals surface area contributed by atoms with Crippen LogP contribution in [0.4, 0.5) is 0 Å². The normalized spacial score (nSPS) is 0.600. The van der Waals surface area contributed by atoms with Crippen molar-refractivity contribution in [3.63, 3.8) is 0 Å². The van der Waals surface area contributed by atoms with Crippen molar-refractivity contribution in [1.82, 2.24) is 0 Å². The van der Waals surface area contributed by atoms with E-state index >= 15 is 0 Å². The molecule has 5 heavy (non-hydrogen) atoms. The largest absolute Gasteiger partial charge is 2.00 e. The minimum absolute atomic E-state index is 0. The molecular weight excluding hydrogens is 346 g/mol. The minimum atomic E-state index is 0. The van der Waals surface area contributed by atoms with Gasteiger partial charge in [0.2, 0.25) is 0 Å². The molecule has 0 aliphatic rings. The summed E-state index contributed by atoms with van der Waals surface area (Å²) in [6, 6.07) is 0. The maximum absolute atomic E-state index is 8.25. The van der Waals surface area contributed by atoms with Crippen LogP contribution in [0.3, 0.4) is 0 Å². The van der Waals surface area contributed by atoms with E-state index in [4.69, 9.17) is 3.32 Å². The smallest absolute Gasteiger partial charge is 2.00 e. The van der Waals surface area contributed by atoms with Crippen LogP contribution >= 0.6 is 0 Å². The van der Waals surface area contributed by atoms with Gasteiger partial charge in [-0.2, -0.15) is 0 Å². The number of hydrogen-bond acceptors (Lipinski definition) is 1. The zero-order valence-corrected chi connectivity index (χ0v) is 12.3. The zero-order valence-electron chi connectivity index (χ0n) is 4.55. The topological polar surface area (TPSA) is 17.1 Å². The van der Waals surface area contributed by atoms with E-state index in [1.807, 2.05) is 0 Å². The summed E-state index contributed by atoms with van der Waals surface area (Å²) >= 11 is 0.750. The van der Waals surface area contributed by atoms with Crippen LogP contribution < -0.4 is 0 Å². The molecule has 0 aromatic rings. The van der Waals surface area contributed by atoms with Crippen molar-refractivity contribution in [2.75, 3.05) is 0 Å². The second-order valence-electron chi connectivity index (χ2n) is 0. The first-order chi connectivity index (χ1) is 1.00. The van der Waals surface area contributed by atoms with Crippen molar-refractivity contribution in [1.29, 1.82) is 0 Å². The van der Waals surface area contributed by atoms with Gasteiger partial charge in [0.15, 0.2) is 0 Å². The summed E-state index contributed by atoms with van der Waals surface area (Å²) in [6.45, 7) is 0. The molecule has 0 amide bonds. The van der Waals surface area contributed by atoms with E-state index in [0.29, 0.717) is 0 Å². The first kappa shape index (κ1) is 23.3. The van der Waals surface area contributed by atoms with Gasteiger partial charge in [-0.1, -0.05) is 0 Å². The Morgan fingerprint density at radius 2 is 1.40 bits per heavy atom. The predicted octanol–water partition coefficient (Wildman–Crippen LogP) is -0.280. The number of hydrogen-bond donors (Lipinski definition) is 0. The Kier molecular flexibility index (Phi) is 118. The van der Waals surface area contributed by atoms with Crippen LogP contribution in [0.25, 0.3) is 0 Å². The fourth-order valence-corrected chi connectivity index (χ4v) is 0. The standard InChI is InChI=1S/Fe.La.O.Sr.Ti.2H/q;;;+2;;2*-1. The van der Waals surface area contributed by atoms with Crippen LogP contribution in [-0.4, -0.2) is 45.5 Å². The summed E-state index contributed by atoms with van der Waals surface area (Å²) in [5.41, 5.74) is 0. The molecule has 0 rings (SSSR count). The van der Waals surface area contributed by atoms with E-state index in [2.05, 4.69) is 0 Å². The third-order valence-electron chi connectivity index (χ3n) is 0. The van der Waals surface area contributed by atoms with Gasteiger partial charge < -0.3 is 2.85 Å². The van der Waals surface area contributed by atoms with Gasteiger partial charge in [0.05, 0.1) is 0 Å². The third kappa shape index (κ3) is 18.3. The molecule has 0 atom stereocenters. The van der Waals surface area contributed by atoms with Crippen molar-refractivity contribution in [2.24, 2.45) is 0 Å². The number of rotatable bonds is 0. The van der Waals surface area contributed by atoms with E-state index in [9.17, 15) is 0 Å². The summed E-state index contributed by atoms with van der Waals surface area (Å²) in [7, 11) is 0. The molecule has 1 radical (unpaired) electrons. The quantitative estimate of drug-likeness (QED) is 0.551. The van der Waals surface area contributed by atoms with Gasteiger partial charge in [0.1, 0.15) is 0 Å². The molecule has 5 heteroatoms. The van der Waals surface area contributed by atoms with Crippen LogP contribution in [0.2, 0.25) is 0 Å². The third-order valence-corrected chi connectivity index (χ3v) is 0. The van der Waals surface area contributed by atoms with Crippen LogP contribution in [-0.2, 0) is 40.8 Å². The second kappa shape index (κ2) is 25.2. The van der Waals surface area contributed by atoms with Crippen molar-refractivity contribution < 1.29 is 79.2 Å². The zero-order chi connectivity index (χ0) is 2.00. The molecule has 0 unspecified atom stereocenters. The van der Waals surface area contributed by atoms with E-state index < -0.39 is 0 Å². The van der Waals surface area contributed by atoms with Crippen molar-refractivity contribution in [3.05, 3.63) is 0 Å². The molecule has 0 aliphatic heterocycles. The summed E-state index contributed by atoms with van der Waals surface area (Å²) in [5.74, 6) is 0. The Balaban J connectivity index is -0.000000000500. The average Bonchev–Trinajstić information content (AvgIpc) is 1.00. The second-order valence-corrected chi connectivity index (χ2v) is 0. The van der Waals surface area contributed by atoms with E-state index in [1.54, 1.807) is 0 Å². The van der Waals surface area contributed by atoms with Gasteiger partial charge in [0.25, 0.3) is 0 Å². The molecule has 0 saturated heterocycles. The molecular formula is H2FeLaOSrTi. The first-order valence-electron chi connectivity index (χ1n) is 0.204. The molecule has 25 valence electrons. The summed E-state index contributed by atoms with van der Waals surface area (Å²) in [4.78, 5) is 0. The van der Waals surface area contributed by atoms with Crippen molar-refractivity contribution >= 4 is 45.5 Å².